The number of carbonyl (C=O) groups excluding carboxylic acids is 2. The summed E-state index contributed by atoms with van der Waals surface area (Å²) in [5.74, 6) is -1.03. The maximum Gasteiger partial charge on any atom is 0.340 e. The third kappa shape index (κ3) is 3.28. The molecule has 2 aromatic rings. The molecule has 5 heteroatoms. The Kier molecular flexibility index (Phi) is 5.21. The quantitative estimate of drug-likeness (QED) is 0.796. The van der Waals surface area contributed by atoms with Crippen LogP contribution in [0.5, 0.6) is 0 Å². The van der Waals surface area contributed by atoms with Crippen LogP contribution in [-0.4, -0.2) is 30.2 Å². The summed E-state index contributed by atoms with van der Waals surface area (Å²) in [4.78, 5) is 24.4. The van der Waals surface area contributed by atoms with Crippen molar-refractivity contribution < 1.29 is 19.1 Å². The van der Waals surface area contributed by atoms with Crippen LogP contribution in [0.2, 0.25) is 0 Å². The van der Waals surface area contributed by atoms with Crippen molar-refractivity contribution >= 4 is 11.9 Å². The Morgan fingerprint density at radius 3 is 2.09 bits per heavy atom. The maximum atomic E-state index is 12.3. The smallest absolute Gasteiger partial charge is 0.340 e. The van der Waals surface area contributed by atoms with E-state index < -0.39 is 11.9 Å². The largest absolute Gasteiger partial charge is 0.465 e. The highest BCUT2D eigenvalue weighted by Gasteiger charge is 2.28. The minimum atomic E-state index is -0.527. The second-order valence-electron chi connectivity index (χ2n) is 5.20. The van der Waals surface area contributed by atoms with Gasteiger partial charge in [-0.15, -0.1) is 0 Å². The molecule has 2 rings (SSSR count). The summed E-state index contributed by atoms with van der Waals surface area (Å²) in [6.07, 6.45) is 0. The second-order valence-corrected chi connectivity index (χ2v) is 5.20. The predicted molar refractivity (Wildman–Crippen MR) is 86.7 cm³/mol. The lowest BCUT2D eigenvalue weighted by atomic mass is 10.1. The molecule has 0 bridgehead atoms. The van der Waals surface area contributed by atoms with E-state index in [4.69, 9.17) is 9.47 Å². The average Bonchev–Trinajstić information content (AvgIpc) is 2.80. The van der Waals surface area contributed by atoms with E-state index in [0.29, 0.717) is 17.9 Å². The van der Waals surface area contributed by atoms with Crippen molar-refractivity contribution in [3.05, 3.63) is 58.4 Å². The molecular weight excluding hydrogens is 294 g/mol. The van der Waals surface area contributed by atoms with E-state index in [1.807, 2.05) is 48.7 Å². The number of ether oxygens (including phenoxy) is 2. The van der Waals surface area contributed by atoms with E-state index >= 15 is 0 Å². The van der Waals surface area contributed by atoms with Crippen LogP contribution in [0.4, 0.5) is 0 Å². The fourth-order valence-corrected chi connectivity index (χ4v) is 2.69. The molecule has 1 aromatic heterocycles. The molecule has 0 radical (unpaired) electrons. The molecule has 0 saturated heterocycles. The molecule has 1 aromatic carbocycles. The fourth-order valence-electron chi connectivity index (χ4n) is 2.69. The van der Waals surface area contributed by atoms with Gasteiger partial charge in [0.1, 0.15) is 0 Å². The van der Waals surface area contributed by atoms with Gasteiger partial charge >= 0.3 is 11.9 Å². The zero-order valence-electron chi connectivity index (χ0n) is 13.9. The Labute approximate surface area is 135 Å². The van der Waals surface area contributed by atoms with Gasteiger partial charge in [0, 0.05) is 17.9 Å². The lowest BCUT2D eigenvalue weighted by Crippen LogP contribution is -2.12. The second kappa shape index (κ2) is 7.13. The molecule has 0 spiro atoms. The topological polar surface area (TPSA) is 57.5 Å². The van der Waals surface area contributed by atoms with Gasteiger partial charge in [-0.3, -0.25) is 0 Å². The van der Waals surface area contributed by atoms with Crippen LogP contribution in [0.25, 0.3) is 0 Å². The molecule has 0 aliphatic carbocycles. The molecule has 0 atom stereocenters. The van der Waals surface area contributed by atoms with Crippen LogP contribution >= 0.6 is 0 Å². The number of methoxy groups -OCH3 is 1. The molecule has 0 saturated carbocycles. The van der Waals surface area contributed by atoms with E-state index in [-0.39, 0.29) is 17.7 Å². The third-order valence-corrected chi connectivity index (χ3v) is 3.84. The van der Waals surface area contributed by atoms with Crippen molar-refractivity contribution in [2.45, 2.75) is 27.3 Å². The molecule has 122 valence electrons. The van der Waals surface area contributed by atoms with Crippen LogP contribution in [0.3, 0.4) is 0 Å². The Balaban J connectivity index is 2.55. The lowest BCUT2D eigenvalue weighted by molar-refractivity contribution is 0.0504. The van der Waals surface area contributed by atoms with Gasteiger partial charge in [-0.25, -0.2) is 9.59 Å². The number of aromatic nitrogens is 1. The highest BCUT2D eigenvalue weighted by Crippen LogP contribution is 2.25. The fraction of sp³-hybridized carbons (Fsp3) is 0.333. The average molecular weight is 315 g/mol. The number of hydrogen-bond acceptors (Lipinski definition) is 4. The summed E-state index contributed by atoms with van der Waals surface area (Å²) in [6.45, 7) is 6.18. The lowest BCUT2D eigenvalue weighted by Gasteiger charge is -2.09. The van der Waals surface area contributed by atoms with Crippen molar-refractivity contribution in [1.82, 2.24) is 4.57 Å². The molecule has 0 N–H and O–H groups in total. The first-order chi connectivity index (χ1) is 11.0. The van der Waals surface area contributed by atoms with Gasteiger partial charge in [-0.1, -0.05) is 30.3 Å². The first kappa shape index (κ1) is 16.8. The minimum Gasteiger partial charge on any atom is -0.465 e. The molecule has 0 aliphatic heterocycles. The molecule has 0 unspecified atom stereocenters. The Hall–Kier alpha value is -2.56. The van der Waals surface area contributed by atoms with Gasteiger partial charge in [0.15, 0.2) is 0 Å². The number of nitrogens with zero attached hydrogens (tertiary/aromatic N) is 1. The highest BCUT2D eigenvalue weighted by atomic mass is 16.5. The third-order valence-electron chi connectivity index (χ3n) is 3.84. The van der Waals surface area contributed by atoms with Gasteiger partial charge in [-0.2, -0.15) is 0 Å². The predicted octanol–water partition coefficient (Wildman–Crippen LogP) is 3.12. The van der Waals surface area contributed by atoms with Crippen LogP contribution in [0.15, 0.2) is 30.3 Å². The van der Waals surface area contributed by atoms with Crippen molar-refractivity contribution in [2.24, 2.45) is 0 Å². The summed E-state index contributed by atoms with van der Waals surface area (Å²) < 4.78 is 11.9. The number of esters is 2. The van der Waals surface area contributed by atoms with Gasteiger partial charge in [0.05, 0.1) is 24.8 Å². The molecule has 0 amide bonds. The monoisotopic (exact) mass is 315 g/mol. The first-order valence-electron chi connectivity index (χ1n) is 7.50. The van der Waals surface area contributed by atoms with E-state index in [0.717, 1.165) is 5.56 Å². The Morgan fingerprint density at radius 2 is 1.57 bits per heavy atom. The SMILES string of the molecule is CCOC(=O)c1c(C(=O)OC)c(C)n(Cc2ccccc2)c1C. The van der Waals surface area contributed by atoms with E-state index in [1.54, 1.807) is 6.92 Å². The number of rotatable bonds is 5. The molecule has 0 fully saturated rings. The summed E-state index contributed by atoms with van der Waals surface area (Å²) in [7, 11) is 1.31. The van der Waals surface area contributed by atoms with Gasteiger partial charge in [0.25, 0.3) is 0 Å². The zero-order valence-corrected chi connectivity index (χ0v) is 13.9. The van der Waals surface area contributed by atoms with Crippen molar-refractivity contribution in [3.63, 3.8) is 0 Å². The van der Waals surface area contributed by atoms with Crippen LogP contribution in [-0.2, 0) is 16.0 Å². The summed E-state index contributed by atoms with van der Waals surface area (Å²) in [5, 5.41) is 0. The van der Waals surface area contributed by atoms with Crippen LogP contribution < -0.4 is 0 Å². The van der Waals surface area contributed by atoms with Gasteiger partial charge < -0.3 is 14.0 Å². The van der Waals surface area contributed by atoms with E-state index in [9.17, 15) is 9.59 Å². The van der Waals surface area contributed by atoms with Crippen LogP contribution in [0.1, 0.15) is 44.6 Å². The maximum absolute atomic E-state index is 12.3. The molecule has 5 nitrogen and oxygen atoms in total. The minimum absolute atomic E-state index is 0.252. The number of benzene rings is 1. The Morgan fingerprint density at radius 1 is 1.00 bits per heavy atom. The molecule has 1 heterocycles. The number of hydrogen-bond donors (Lipinski definition) is 0. The Bertz CT molecular complexity index is 716. The highest BCUT2D eigenvalue weighted by molar-refractivity contribution is 6.05. The zero-order chi connectivity index (χ0) is 17.0. The summed E-state index contributed by atoms with van der Waals surface area (Å²) in [5.41, 5.74) is 3.04. The van der Waals surface area contributed by atoms with E-state index in [2.05, 4.69) is 0 Å². The normalized spacial score (nSPS) is 10.4. The van der Waals surface area contributed by atoms with Crippen molar-refractivity contribution in [1.29, 1.82) is 0 Å². The van der Waals surface area contributed by atoms with Crippen molar-refractivity contribution in [3.8, 4) is 0 Å². The van der Waals surface area contributed by atoms with Gasteiger partial charge in [0.2, 0.25) is 0 Å². The standard InChI is InChI=1S/C18H21NO4/c1-5-23-18(21)16-13(3)19(11-14-9-7-6-8-10-14)12(2)15(16)17(20)22-4/h6-10H,5,11H2,1-4H3. The van der Waals surface area contributed by atoms with Crippen molar-refractivity contribution in [2.75, 3.05) is 13.7 Å². The van der Waals surface area contributed by atoms with Gasteiger partial charge in [-0.05, 0) is 26.3 Å². The molecule has 0 aliphatic rings. The number of carbonyl (C=O) groups is 2. The molecular formula is C18H21NO4. The van der Waals surface area contributed by atoms with E-state index in [1.165, 1.54) is 7.11 Å². The summed E-state index contributed by atoms with van der Waals surface area (Å²) in [6, 6.07) is 9.86. The molecule has 23 heavy (non-hydrogen) atoms. The summed E-state index contributed by atoms with van der Waals surface area (Å²) >= 11 is 0. The van der Waals surface area contributed by atoms with Crippen LogP contribution in [0, 0.1) is 13.8 Å². The first-order valence-corrected chi connectivity index (χ1v) is 7.50.